The molecular weight excluding hydrogens is 266 g/mol. The van der Waals surface area contributed by atoms with Crippen LogP contribution in [-0.2, 0) is 13.8 Å². The lowest BCUT2D eigenvalue weighted by Crippen LogP contribution is -2.67. The Kier molecular flexibility index (Phi) is 3.68. The molecule has 1 aliphatic rings. The molecule has 6 N–H and O–H groups in total. The highest BCUT2D eigenvalue weighted by Crippen LogP contribution is 2.47. The van der Waals surface area contributed by atoms with Crippen LogP contribution >= 0.6 is 7.82 Å². The van der Waals surface area contributed by atoms with Crippen LogP contribution in [0.25, 0.3) is 0 Å². The summed E-state index contributed by atoms with van der Waals surface area (Å²) in [6.07, 6.45) is -6.98. The molecule has 0 aromatic carbocycles. The Morgan fingerprint density at radius 2 is 1.76 bits per heavy atom. The molecule has 102 valence electrons. The predicted molar refractivity (Wildman–Crippen MR) is 46.7 cm³/mol. The summed E-state index contributed by atoms with van der Waals surface area (Å²) in [6.45, 7) is 0.677. The molecule has 0 aromatic heterocycles. The van der Waals surface area contributed by atoms with Gasteiger partial charge in [0.2, 0.25) is 5.79 Å². The lowest BCUT2D eigenvalue weighted by Gasteiger charge is -2.46. The Labute approximate surface area is 94.3 Å². The number of hydrogen-bond acceptors (Lipinski definition) is 7. The van der Waals surface area contributed by atoms with E-state index >= 15 is 0 Å². The molecule has 17 heavy (non-hydrogen) atoms. The first-order valence-electron chi connectivity index (χ1n) is 4.31. The highest BCUT2D eigenvalue weighted by Gasteiger charge is 2.61. The maximum atomic E-state index is 13.2. The Hall–Kier alpha value is -0.160. The van der Waals surface area contributed by atoms with E-state index in [1.165, 1.54) is 0 Å². The van der Waals surface area contributed by atoms with Crippen molar-refractivity contribution in [3.05, 3.63) is 0 Å². The van der Waals surface area contributed by atoms with E-state index in [4.69, 9.17) is 20.0 Å². The largest absolute Gasteiger partial charge is 0.472 e. The van der Waals surface area contributed by atoms with E-state index in [-0.39, 0.29) is 0 Å². The van der Waals surface area contributed by atoms with E-state index in [1.54, 1.807) is 0 Å². The monoisotopic (exact) mass is 278 g/mol. The van der Waals surface area contributed by atoms with E-state index in [1.807, 2.05) is 0 Å². The van der Waals surface area contributed by atoms with Crippen molar-refractivity contribution in [1.82, 2.24) is 0 Å². The maximum absolute atomic E-state index is 13.2. The van der Waals surface area contributed by atoms with Gasteiger partial charge in [-0.1, -0.05) is 0 Å². The number of hydrogen-bond donors (Lipinski definition) is 6. The first-order chi connectivity index (χ1) is 7.39. The lowest BCUT2D eigenvalue weighted by molar-refractivity contribution is -0.458. The van der Waals surface area contributed by atoms with Gasteiger partial charge in [0.15, 0.2) is 6.10 Å². The van der Waals surface area contributed by atoms with Crippen molar-refractivity contribution in [2.24, 2.45) is 0 Å². The van der Waals surface area contributed by atoms with Crippen LogP contribution in [0.5, 0.6) is 0 Å². The number of alkyl halides is 1. The van der Waals surface area contributed by atoms with Crippen molar-refractivity contribution in [3.63, 3.8) is 0 Å². The average Bonchev–Trinajstić information content (AvgIpc) is 2.08. The van der Waals surface area contributed by atoms with Crippen LogP contribution in [-0.4, -0.2) is 60.4 Å². The normalized spacial score (nSPS) is 48.1. The van der Waals surface area contributed by atoms with Gasteiger partial charge in [-0.15, -0.1) is 0 Å². The third-order valence-electron chi connectivity index (χ3n) is 2.20. The third-order valence-corrected chi connectivity index (χ3v) is 2.80. The minimum atomic E-state index is -5.20. The molecule has 0 saturated carbocycles. The summed E-state index contributed by atoms with van der Waals surface area (Å²) in [6, 6.07) is -3.83. The van der Waals surface area contributed by atoms with Gasteiger partial charge in [0.05, 0.1) is 0 Å². The number of rotatable bonds is 2. The molecule has 0 bridgehead atoms. The van der Waals surface area contributed by atoms with E-state index < -0.39 is 38.0 Å². The average molecular weight is 278 g/mol. The van der Waals surface area contributed by atoms with Crippen LogP contribution in [0, 0.1) is 0 Å². The second kappa shape index (κ2) is 4.19. The molecule has 0 spiro atoms. The van der Waals surface area contributed by atoms with Crippen molar-refractivity contribution in [1.29, 1.82) is 0 Å². The third kappa shape index (κ3) is 2.99. The summed E-state index contributed by atoms with van der Waals surface area (Å²) in [5.41, 5.74) is 0. The summed E-state index contributed by atoms with van der Waals surface area (Å²) in [5, 5.41) is 36.5. The minimum absolute atomic E-state index is 0.677. The Morgan fingerprint density at radius 1 is 1.29 bits per heavy atom. The van der Waals surface area contributed by atoms with Gasteiger partial charge >= 0.3 is 13.9 Å². The van der Waals surface area contributed by atoms with Gasteiger partial charge in [0.1, 0.15) is 12.2 Å². The zero-order valence-corrected chi connectivity index (χ0v) is 9.36. The number of phosphoric acid groups is 1. The standard InChI is InChI=1S/C6H12FO9P/c1-5(16-17(12,13)14)3(9)2(8)4(10)6(7,11)15-5/h2-4,8-11H,1H3,(H2,12,13,14)/t2-,3-,4-,5+,6?/m1/s1. The molecule has 1 fully saturated rings. The molecule has 1 unspecified atom stereocenters. The second-order valence-corrected chi connectivity index (χ2v) is 4.85. The first kappa shape index (κ1) is 14.9. The summed E-state index contributed by atoms with van der Waals surface area (Å²) in [5.74, 6) is -2.73. The Balaban J connectivity index is 3.04. The molecule has 1 aliphatic heterocycles. The summed E-state index contributed by atoms with van der Waals surface area (Å²) >= 11 is 0. The molecule has 1 saturated heterocycles. The smallest absolute Gasteiger partial charge is 0.387 e. The number of aliphatic hydroxyl groups is 4. The van der Waals surface area contributed by atoms with Gasteiger partial charge in [0.25, 0.3) is 0 Å². The molecule has 0 amide bonds. The quantitative estimate of drug-likeness (QED) is 0.301. The zero-order valence-electron chi connectivity index (χ0n) is 8.47. The molecule has 1 rings (SSSR count). The number of ether oxygens (including phenoxy) is 1. The van der Waals surface area contributed by atoms with Crippen molar-refractivity contribution in [3.8, 4) is 0 Å². The number of halogens is 1. The first-order valence-corrected chi connectivity index (χ1v) is 5.84. The second-order valence-electron chi connectivity index (χ2n) is 3.69. The molecule has 9 nitrogen and oxygen atoms in total. The van der Waals surface area contributed by atoms with Gasteiger partial charge in [0, 0.05) is 0 Å². The van der Waals surface area contributed by atoms with Gasteiger partial charge in [-0.2, -0.15) is 4.39 Å². The lowest BCUT2D eigenvalue weighted by atomic mass is 9.96. The fraction of sp³-hybridized carbons (Fsp3) is 1.00. The van der Waals surface area contributed by atoms with E-state index in [0.717, 1.165) is 0 Å². The summed E-state index contributed by atoms with van der Waals surface area (Å²) in [4.78, 5) is 17.0. The molecular formula is C6H12FO9P. The van der Waals surface area contributed by atoms with Crippen LogP contribution in [0.2, 0.25) is 0 Å². The van der Waals surface area contributed by atoms with Crippen LogP contribution in [0.4, 0.5) is 4.39 Å². The van der Waals surface area contributed by atoms with Crippen LogP contribution in [0.3, 0.4) is 0 Å². The molecule has 11 heteroatoms. The molecule has 5 atom stereocenters. The van der Waals surface area contributed by atoms with Gasteiger partial charge < -0.3 is 30.2 Å². The summed E-state index contributed by atoms with van der Waals surface area (Å²) in [7, 11) is -5.20. The number of phosphoric ester groups is 1. The van der Waals surface area contributed by atoms with Crippen molar-refractivity contribution in [2.75, 3.05) is 0 Å². The fourth-order valence-corrected chi connectivity index (χ4v) is 2.02. The highest BCUT2D eigenvalue weighted by atomic mass is 31.2. The SMILES string of the molecule is C[C@@]1(OP(=O)(O)O)OC(O)(F)[C@H](O)[C@H](O)[C@H]1O. The topological polar surface area (TPSA) is 157 Å². The fourth-order valence-electron chi connectivity index (χ4n) is 1.41. The van der Waals surface area contributed by atoms with Crippen molar-refractivity contribution >= 4 is 7.82 Å². The Morgan fingerprint density at radius 3 is 2.18 bits per heavy atom. The van der Waals surface area contributed by atoms with Crippen LogP contribution in [0.15, 0.2) is 0 Å². The van der Waals surface area contributed by atoms with E-state index in [0.29, 0.717) is 6.92 Å². The predicted octanol–water partition coefficient (Wildman–Crippen LogP) is -2.46. The number of aliphatic hydroxyl groups excluding tert-OH is 3. The molecule has 0 radical (unpaired) electrons. The molecule has 0 aromatic rings. The van der Waals surface area contributed by atoms with E-state index in [2.05, 4.69) is 9.26 Å². The van der Waals surface area contributed by atoms with Crippen LogP contribution in [0.1, 0.15) is 6.92 Å². The van der Waals surface area contributed by atoms with Gasteiger partial charge in [-0.3, -0.25) is 9.26 Å². The minimum Gasteiger partial charge on any atom is -0.387 e. The zero-order chi connectivity index (χ0) is 13.6. The van der Waals surface area contributed by atoms with E-state index in [9.17, 15) is 19.2 Å². The van der Waals surface area contributed by atoms with Crippen molar-refractivity contribution in [2.45, 2.75) is 37.1 Å². The van der Waals surface area contributed by atoms with Gasteiger partial charge in [-0.05, 0) is 6.92 Å². The molecule has 0 aliphatic carbocycles. The highest BCUT2D eigenvalue weighted by molar-refractivity contribution is 7.46. The Bertz CT molecular complexity index is 342. The maximum Gasteiger partial charge on any atom is 0.472 e. The summed E-state index contributed by atoms with van der Waals surface area (Å²) < 4.78 is 31.8. The van der Waals surface area contributed by atoms with Crippen LogP contribution < -0.4 is 0 Å². The van der Waals surface area contributed by atoms with Crippen molar-refractivity contribution < 1.29 is 48.4 Å². The van der Waals surface area contributed by atoms with Gasteiger partial charge in [-0.25, -0.2) is 4.57 Å². The molecule has 1 heterocycles.